The van der Waals surface area contributed by atoms with Gasteiger partial charge in [-0.2, -0.15) is 0 Å². The highest BCUT2D eigenvalue weighted by Crippen LogP contribution is 2.51. The van der Waals surface area contributed by atoms with E-state index in [9.17, 15) is 0 Å². The molecule has 8 heterocycles. The van der Waals surface area contributed by atoms with Gasteiger partial charge in [0.25, 0.3) is 0 Å². The van der Waals surface area contributed by atoms with Crippen LogP contribution in [0, 0.1) is 0 Å². The zero-order chi connectivity index (χ0) is 48.3. The minimum atomic E-state index is -2.82. The molecule has 70 heavy (non-hydrogen) atoms. The van der Waals surface area contributed by atoms with Crippen LogP contribution in [0.5, 0.6) is 23.0 Å². The van der Waals surface area contributed by atoms with Gasteiger partial charge in [0.2, 0.25) is 11.4 Å². The third-order valence-corrected chi connectivity index (χ3v) is 14.4. The Hall–Kier alpha value is -7.47. The quantitative estimate of drug-likeness (QED) is 0.0911. The standard InChI is InChI=1S/C56H58B2N4O8/c1-9-33-29-59-51(39(33)13-5)47-27-48(52-40(14-6)34(10-2)30-60-52)66-57(65-47)63-45-21-17-19-43(55(45)69-57)37-23-25-38(26-24-37)44-20-18-22-46-56(44)70-58(64-46)67-49(53-41(15-7)35(11-3)31-61-53)28-50(68-58)54-42(16-8)36(12-4)32-62-54/h17-32,59,61H,9-16H2,1-8H3/q-2/p+2/b52-48+,54-50+/t57-,58+. The van der Waals surface area contributed by atoms with Gasteiger partial charge in [-0.3, -0.25) is 0 Å². The minimum Gasteiger partial charge on any atom is -0.610 e. The maximum absolute atomic E-state index is 6.84. The monoisotopic (exact) mass is 938 g/mol. The number of aryl methyl sites for hydroxylation is 2. The van der Waals surface area contributed by atoms with E-state index in [0.29, 0.717) is 46.0 Å². The zero-order valence-corrected chi connectivity index (χ0v) is 41.3. The molecule has 3 aromatic carbocycles. The summed E-state index contributed by atoms with van der Waals surface area (Å²) in [5, 5.41) is 0. The van der Waals surface area contributed by atoms with E-state index >= 15 is 0 Å². The van der Waals surface area contributed by atoms with Gasteiger partial charge in [0.1, 0.15) is 34.5 Å². The Balaban J connectivity index is 0.912. The summed E-state index contributed by atoms with van der Waals surface area (Å²) < 4.78 is 54.0. The van der Waals surface area contributed by atoms with Crippen LogP contribution < -0.4 is 28.6 Å². The summed E-state index contributed by atoms with van der Waals surface area (Å²) in [5.41, 5.74) is 16.7. The molecule has 0 radical (unpaired) electrons. The van der Waals surface area contributed by atoms with Crippen LogP contribution in [-0.2, 0) is 44.3 Å². The average Bonchev–Trinajstić information content (AvgIpc) is 4.26. The van der Waals surface area contributed by atoms with Crippen molar-refractivity contribution in [2.24, 2.45) is 0 Å². The number of hydrogen-bond donors (Lipinski definition) is 4. The second-order valence-electron chi connectivity index (χ2n) is 18.2. The molecule has 11 rings (SSSR count). The number of rotatable bonds is 12. The van der Waals surface area contributed by atoms with Crippen molar-refractivity contribution in [2.75, 3.05) is 0 Å². The van der Waals surface area contributed by atoms with E-state index < -0.39 is 13.9 Å². The first-order valence-corrected chi connectivity index (χ1v) is 25.3. The Bertz CT molecular complexity index is 3010. The first-order chi connectivity index (χ1) is 34.2. The van der Waals surface area contributed by atoms with Crippen LogP contribution in [0.25, 0.3) is 33.8 Å². The summed E-state index contributed by atoms with van der Waals surface area (Å²) in [6.07, 6.45) is 19.0. The predicted molar refractivity (Wildman–Crippen MR) is 274 cm³/mol. The van der Waals surface area contributed by atoms with Crippen molar-refractivity contribution in [3.8, 4) is 45.3 Å². The first-order valence-electron chi connectivity index (χ1n) is 25.3. The predicted octanol–water partition coefficient (Wildman–Crippen LogP) is 9.50. The van der Waals surface area contributed by atoms with Gasteiger partial charge in [-0.25, -0.2) is 9.98 Å². The Labute approximate surface area is 409 Å². The summed E-state index contributed by atoms with van der Waals surface area (Å²) >= 11 is 0. The third kappa shape index (κ3) is 7.38. The van der Waals surface area contributed by atoms with Gasteiger partial charge in [-0.05, 0) is 96.9 Å². The second-order valence-corrected chi connectivity index (χ2v) is 18.2. The number of aromatic amines is 2. The van der Waals surface area contributed by atoms with Crippen molar-refractivity contribution in [1.82, 2.24) is 9.97 Å². The molecule has 0 aliphatic carbocycles. The summed E-state index contributed by atoms with van der Waals surface area (Å²) in [6.45, 7) is 11.6. The van der Waals surface area contributed by atoms with E-state index in [-0.39, 0.29) is 0 Å². The first kappa shape index (κ1) is 45.0. The molecule has 4 N–H and O–H groups in total. The van der Waals surface area contributed by atoms with Crippen LogP contribution in [-0.4, -0.2) is 36.3 Å². The lowest BCUT2D eigenvalue weighted by molar-refractivity contribution is -0.386. The van der Waals surface area contributed by atoms with Crippen molar-refractivity contribution in [3.05, 3.63) is 164 Å². The van der Waals surface area contributed by atoms with E-state index in [1.165, 1.54) is 44.5 Å². The number of benzene rings is 3. The lowest BCUT2D eigenvalue weighted by atomic mass is 9.97. The molecule has 2 aromatic heterocycles. The number of H-pyrrole nitrogens is 2. The normalized spacial score (nSPS) is 22.8. The molecule has 2 atom stereocenters. The van der Waals surface area contributed by atoms with Crippen LogP contribution in [0.1, 0.15) is 115 Å². The van der Waals surface area contributed by atoms with Crippen LogP contribution in [0.2, 0.25) is 0 Å². The molecule has 358 valence electrons. The fourth-order valence-electron chi connectivity index (χ4n) is 10.9. The largest absolute Gasteiger partial charge is 0.777 e. The number of para-hydroxylation sites is 2. The van der Waals surface area contributed by atoms with Crippen molar-refractivity contribution >= 4 is 37.9 Å². The lowest BCUT2D eigenvalue weighted by Gasteiger charge is -2.40. The number of aromatic nitrogens is 2. The Morgan fingerprint density at radius 1 is 0.443 bits per heavy atom. The Morgan fingerprint density at radius 2 is 0.871 bits per heavy atom. The van der Waals surface area contributed by atoms with Crippen LogP contribution in [0.4, 0.5) is 0 Å². The summed E-state index contributed by atoms with van der Waals surface area (Å²) in [7, 11) is 0. The SMILES string of the molecule is CCC1=C(CC)/C(=C2/C=C(c3[nH]cc(CC)c3CC)O[B@-]3(O2)Oc2cccc(-c4ccc(-c5cccc6c5O[B@@-]5(OC(c7[nH]cc(CC)c7CC)=C/C(=C7\[NH+]=CC(CC)=C7CC)O5)O6)cc4)c2O3)[NH+]=C1. The van der Waals surface area contributed by atoms with Crippen LogP contribution in [0.3, 0.4) is 0 Å². The van der Waals surface area contributed by atoms with Gasteiger partial charge in [-0.1, -0.05) is 104 Å². The molecule has 14 heteroatoms. The van der Waals surface area contributed by atoms with Crippen molar-refractivity contribution in [3.63, 3.8) is 0 Å². The topological polar surface area (TPSA) is 133 Å². The minimum absolute atomic E-state index is 0.527. The summed E-state index contributed by atoms with van der Waals surface area (Å²) in [6, 6.07) is 20.0. The highest BCUT2D eigenvalue weighted by Gasteiger charge is 2.54. The molecule has 0 saturated carbocycles. The molecular weight excluding hydrogens is 878 g/mol. The molecule has 2 spiro atoms. The lowest BCUT2D eigenvalue weighted by Crippen LogP contribution is -2.66. The van der Waals surface area contributed by atoms with Gasteiger partial charge < -0.3 is 47.2 Å². The molecule has 0 saturated heterocycles. The third-order valence-electron chi connectivity index (χ3n) is 14.4. The number of fused-ring (bicyclic) bond motifs is 2. The Kier molecular flexibility index (Phi) is 11.4. The highest BCUT2D eigenvalue weighted by molar-refractivity contribution is 6.59. The molecule has 0 fully saturated rings. The summed E-state index contributed by atoms with van der Waals surface area (Å²) in [5.74, 6) is 4.52. The van der Waals surface area contributed by atoms with Crippen molar-refractivity contribution < 1.29 is 47.2 Å². The molecule has 6 aliphatic heterocycles. The fraction of sp³-hybridized carbons (Fsp3) is 0.286. The van der Waals surface area contributed by atoms with E-state index in [1.54, 1.807) is 0 Å². The molecule has 0 unspecified atom stereocenters. The maximum atomic E-state index is 6.84. The van der Waals surface area contributed by atoms with Gasteiger partial charge >= 0.3 is 13.9 Å². The smallest absolute Gasteiger partial charge is 0.610 e. The van der Waals surface area contributed by atoms with E-state index in [4.69, 9.17) is 37.2 Å². The molecular formula is C56H60B2N4O8. The Morgan fingerprint density at radius 3 is 1.24 bits per heavy atom. The fourth-order valence-corrected chi connectivity index (χ4v) is 10.9. The van der Waals surface area contributed by atoms with Crippen LogP contribution >= 0.6 is 0 Å². The molecule has 6 aliphatic rings. The average molecular weight is 939 g/mol. The number of hydrogen-bond acceptors (Lipinski definition) is 8. The van der Waals surface area contributed by atoms with Crippen molar-refractivity contribution in [2.45, 2.75) is 107 Å². The van der Waals surface area contributed by atoms with Crippen molar-refractivity contribution in [1.29, 1.82) is 0 Å². The van der Waals surface area contributed by atoms with Gasteiger partial charge in [0, 0.05) is 58.0 Å². The molecule has 12 nitrogen and oxygen atoms in total. The maximum Gasteiger partial charge on any atom is 0.777 e. The number of nitrogens with one attached hydrogen (secondary N) is 4. The zero-order valence-electron chi connectivity index (χ0n) is 41.3. The van der Waals surface area contributed by atoms with Crippen LogP contribution in [0.15, 0.2) is 130 Å². The van der Waals surface area contributed by atoms with E-state index in [1.807, 2.05) is 48.6 Å². The number of allylic oxidation sites excluding steroid dienone is 6. The highest BCUT2D eigenvalue weighted by atomic mass is 16.9. The summed E-state index contributed by atoms with van der Waals surface area (Å²) in [4.78, 5) is 14.0. The van der Waals surface area contributed by atoms with Gasteiger partial charge in [0.15, 0.2) is 23.9 Å². The second kappa shape index (κ2) is 17.8. The van der Waals surface area contributed by atoms with Gasteiger partial charge in [0.05, 0.1) is 11.4 Å². The van der Waals surface area contributed by atoms with Gasteiger partial charge in [-0.15, -0.1) is 0 Å². The van der Waals surface area contributed by atoms with E-state index in [0.717, 1.165) is 96.4 Å². The van der Waals surface area contributed by atoms with E-state index in [2.05, 4.69) is 124 Å². The molecule has 0 bridgehead atoms. The molecule has 5 aromatic rings. The molecule has 0 amide bonds.